The Kier molecular flexibility index (Phi) is 18.2. The standard InChI is InChI=1S/C26H31N2O3Si.C20H16N2.HI/c1-29-32(30-2,31-3)22-4-19-28-20-15-26(16-21-28)12-10-24-7-5-23(6-8-24)9-11-25-13-17-27-18-14-25;1-2-18(6-8-20-11-15-22-16-12-20)4-3-17(1)5-7-19-9-13-21-14-10-19;/h5-18,20-21H,4,19,22H2,1-3H3;1-16H;1H/q+1;;/p-1/b11-9+,12-10+;7-5+,8-6+;. The van der Waals surface area contributed by atoms with Crippen LogP contribution in [-0.2, 0) is 19.8 Å². The van der Waals surface area contributed by atoms with Gasteiger partial charge in [0.2, 0.25) is 0 Å². The molecule has 0 atom stereocenters. The van der Waals surface area contributed by atoms with Crippen LogP contribution in [0.15, 0.2) is 147 Å². The highest BCUT2D eigenvalue weighted by molar-refractivity contribution is 6.60. The summed E-state index contributed by atoms with van der Waals surface area (Å²) in [6.07, 6.45) is 32.8. The zero-order chi connectivity index (χ0) is 37.7. The molecule has 0 saturated carbocycles. The molecule has 0 unspecified atom stereocenters. The van der Waals surface area contributed by atoms with Crippen LogP contribution < -0.4 is 28.5 Å². The fraction of sp³-hybridized carbons (Fsp3) is 0.130. The van der Waals surface area contributed by atoms with Crippen LogP contribution in [0.4, 0.5) is 0 Å². The molecule has 0 saturated heterocycles. The molecular formula is C46H47IN4O3Si. The summed E-state index contributed by atoms with van der Waals surface area (Å²) in [6.45, 7) is 0.892. The Labute approximate surface area is 343 Å². The molecule has 4 aromatic heterocycles. The first-order valence-electron chi connectivity index (χ1n) is 17.8. The number of pyridine rings is 4. The molecule has 4 heterocycles. The number of benzene rings is 2. The largest absolute Gasteiger partial charge is 1.00 e. The normalized spacial score (nSPS) is 11.5. The Hall–Kier alpha value is -5.17. The Morgan fingerprint density at radius 2 is 0.673 bits per heavy atom. The van der Waals surface area contributed by atoms with E-state index in [1.165, 1.54) is 22.3 Å². The van der Waals surface area contributed by atoms with Crippen LogP contribution in [0.25, 0.3) is 48.6 Å². The molecule has 7 nitrogen and oxygen atoms in total. The lowest BCUT2D eigenvalue weighted by Gasteiger charge is -2.23. The summed E-state index contributed by atoms with van der Waals surface area (Å²) in [5.74, 6) is 0. The van der Waals surface area contributed by atoms with Crippen LogP contribution in [0.2, 0.25) is 6.04 Å². The van der Waals surface area contributed by atoms with E-state index in [4.69, 9.17) is 13.3 Å². The van der Waals surface area contributed by atoms with Gasteiger partial charge in [-0.15, -0.1) is 0 Å². The van der Waals surface area contributed by atoms with Crippen LogP contribution >= 0.6 is 0 Å². The smallest absolute Gasteiger partial charge is 0.500 e. The molecule has 55 heavy (non-hydrogen) atoms. The molecule has 0 bridgehead atoms. The number of aromatic nitrogens is 4. The van der Waals surface area contributed by atoms with Crippen molar-refractivity contribution in [3.05, 3.63) is 191 Å². The van der Waals surface area contributed by atoms with Crippen molar-refractivity contribution in [2.45, 2.75) is 19.0 Å². The van der Waals surface area contributed by atoms with Crippen LogP contribution in [0, 0.1) is 0 Å². The van der Waals surface area contributed by atoms with Crippen molar-refractivity contribution in [2.75, 3.05) is 21.3 Å². The number of hydrogen-bond donors (Lipinski definition) is 0. The van der Waals surface area contributed by atoms with Gasteiger partial charge in [-0.1, -0.05) is 97.1 Å². The van der Waals surface area contributed by atoms with Gasteiger partial charge < -0.3 is 37.3 Å². The van der Waals surface area contributed by atoms with Crippen LogP contribution in [0.3, 0.4) is 0 Å². The second-order valence-electron chi connectivity index (χ2n) is 12.3. The van der Waals surface area contributed by atoms with Crippen molar-refractivity contribution in [1.29, 1.82) is 0 Å². The molecule has 2 aromatic carbocycles. The Balaban J connectivity index is 0.000000256. The lowest BCUT2D eigenvalue weighted by molar-refractivity contribution is -0.697. The first-order chi connectivity index (χ1) is 26.6. The van der Waals surface area contributed by atoms with Gasteiger partial charge in [0.05, 0.1) is 0 Å². The molecule has 0 spiro atoms. The Morgan fingerprint density at radius 1 is 0.418 bits per heavy atom. The van der Waals surface area contributed by atoms with Crippen molar-refractivity contribution >= 4 is 57.4 Å². The van der Waals surface area contributed by atoms with Crippen LogP contribution in [0.5, 0.6) is 0 Å². The third-order valence-electron chi connectivity index (χ3n) is 8.61. The predicted molar refractivity (Wildman–Crippen MR) is 224 cm³/mol. The highest BCUT2D eigenvalue weighted by Crippen LogP contribution is 2.16. The fourth-order valence-corrected chi connectivity index (χ4v) is 7.10. The Bertz CT molecular complexity index is 2000. The molecule has 0 amide bonds. The molecule has 0 radical (unpaired) electrons. The highest BCUT2D eigenvalue weighted by Gasteiger charge is 2.37. The summed E-state index contributed by atoms with van der Waals surface area (Å²) >= 11 is 0. The topological polar surface area (TPSA) is 70.2 Å². The fourth-order valence-electron chi connectivity index (χ4n) is 5.39. The summed E-state index contributed by atoms with van der Waals surface area (Å²) in [4.78, 5) is 12.1. The molecule has 0 aliphatic rings. The quantitative estimate of drug-likeness (QED) is 0.0644. The van der Waals surface area contributed by atoms with Gasteiger partial charge in [-0.25, -0.2) is 4.57 Å². The van der Waals surface area contributed by atoms with Crippen molar-refractivity contribution in [3.8, 4) is 0 Å². The lowest BCUT2D eigenvalue weighted by Crippen LogP contribution is -3.00. The molecule has 6 aromatic rings. The van der Waals surface area contributed by atoms with E-state index in [1.807, 2.05) is 36.4 Å². The maximum Gasteiger partial charge on any atom is 0.500 e. The van der Waals surface area contributed by atoms with E-state index in [0.717, 1.165) is 41.3 Å². The lowest BCUT2D eigenvalue weighted by atomic mass is 10.1. The second-order valence-corrected chi connectivity index (χ2v) is 15.4. The summed E-state index contributed by atoms with van der Waals surface area (Å²) in [7, 11) is 2.47. The molecule has 0 aliphatic carbocycles. The first-order valence-corrected chi connectivity index (χ1v) is 19.8. The Morgan fingerprint density at radius 3 is 0.945 bits per heavy atom. The number of hydrogen-bond acceptors (Lipinski definition) is 6. The summed E-state index contributed by atoms with van der Waals surface area (Å²) in [5, 5.41) is 0. The minimum atomic E-state index is -2.49. The first kappa shape index (κ1) is 42.6. The number of nitrogens with zero attached hydrogens (tertiary/aromatic N) is 4. The number of rotatable bonds is 15. The van der Waals surface area contributed by atoms with Gasteiger partial charge in [0.1, 0.15) is 6.54 Å². The van der Waals surface area contributed by atoms with Gasteiger partial charge in [-0.2, -0.15) is 0 Å². The minimum Gasteiger partial charge on any atom is -1.00 e. The van der Waals surface area contributed by atoms with E-state index in [1.54, 1.807) is 58.5 Å². The zero-order valence-electron chi connectivity index (χ0n) is 31.5. The maximum absolute atomic E-state index is 5.48. The van der Waals surface area contributed by atoms with Gasteiger partial charge in [-0.3, -0.25) is 15.0 Å². The molecule has 0 aliphatic heterocycles. The maximum atomic E-state index is 5.48. The molecule has 9 heteroatoms. The van der Waals surface area contributed by atoms with E-state index in [2.05, 4.69) is 141 Å². The molecule has 0 fully saturated rings. The summed E-state index contributed by atoms with van der Waals surface area (Å²) < 4.78 is 18.6. The second kappa shape index (κ2) is 23.6. The van der Waals surface area contributed by atoms with Gasteiger partial charge >= 0.3 is 8.80 Å². The van der Waals surface area contributed by atoms with E-state index < -0.39 is 8.80 Å². The minimum absolute atomic E-state index is 0. The van der Waals surface area contributed by atoms with Crippen LogP contribution in [0.1, 0.15) is 50.9 Å². The van der Waals surface area contributed by atoms with Gasteiger partial charge in [-0.05, 0) is 80.9 Å². The zero-order valence-corrected chi connectivity index (χ0v) is 34.6. The van der Waals surface area contributed by atoms with E-state index >= 15 is 0 Å². The van der Waals surface area contributed by atoms with Gasteiger partial charge in [0.25, 0.3) is 0 Å². The summed E-state index contributed by atoms with van der Waals surface area (Å²) in [6, 6.07) is 33.9. The number of aryl methyl sites for hydroxylation is 1. The molecule has 280 valence electrons. The average molecular weight is 859 g/mol. The predicted octanol–water partition coefficient (Wildman–Crippen LogP) is 6.80. The molecular weight excluding hydrogens is 812 g/mol. The third kappa shape index (κ3) is 14.9. The van der Waals surface area contributed by atoms with Crippen molar-refractivity contribution in [3.63, 3.8) is 0 Å². The average Bonchev–Trinajstić information content (AvgIpc) is 3.25. The van der Waals surface area contributed by atoms with Crippen molar-refractivity contribution < 1.29 is 41.8 Å². The number of halogens is 1. The SMILES string of the molecule is C(=C\c1ccc(/C=C/c2ccncc2)cc1)/c1ccncc1.CO[Si](CCC[n+]1ccc(/C=C/c2ccc(/C=C/c3ccncc3)cc2)cc1)(OC)OC.[I-]. The molecule has 6 rings (SSSR count). The van der Waals surface area contributed by atoms with E-state index in [0.29, 0.717) is 0 Å². The van der Waals surface area contributed by atoms with Crippen molar-refractivity contribution in [1.82, 2.24) is 15.0 Å². The van der Waals surface area contributed by atoms with Gasteiger partial charge in [0, 0.05) is 83.1 Å². The third-order valence-corrected chi connectivity index (χ3v) is 11.4. The summed E-state index contributed by atoms with van der Waals surface area (Å²) in [5.41, 5.74) is 9.30. The van der Waals surface area contributed by atoms with E-state index in [9.17, 15) is 0 Å². The van der Waals surface area contributed by atoms with E-state index in [-0.39, 0.29) is 24.0 Å². The highest BCUT2D eigenvalue weighted by atomic mass is 127. The molecule has 0 N–H and O–H groups in total. The van der Waals surface area contributed by atoms with Gasteiger partial charge in [0.15, 0.2) is 12.4 Å². The monoisotopic (exact) mass is 858 g/mol. The van der Waals surface area contributed by atoms with Crippen molar-refractivity contribution in [2.24, 2.45) is 0 Å². The van der Waals surface area contributed by atoms with Crippen LogP contribution in [-0.4, -0.2) is 45.1 Å².